The monoisotopic (exact) mass is 258 g/mol. The van der Waals surface area contributed by atoms with E-state index in [0.29, 0.717) is 6.04 Å². The van der Waals surface area contributed by atoms with E-state index in [1.54, 1.807) is 0 Å². The molecule has 0 amide bonds. The Hall–Kier alpha value is -1.51. The lowest BCUT2D eigenvalue weighted by Gasteiger charge is -2.27. The first kappa shape index (κ1) is 11.6. The van der Waals surface area contributed by atoms with Gasteiger partial charge in [-0.05, 0) is 30.2 Å². The first-order valence-electron chi connectivity index (χ1n) is 6.18. The Kier molecular flexibility index (Phi) is 3.22. The fraction of sp³-hybridized carbons (Fsp3) is 0.200. The Morgan fingerprint density at radius 3 is 2.50 bits per heavy atom. The lowest BCUT2D eigenvalue weighted by Crippen LogP contribution is -2.32. The van der Waals surface area contributed by atoms with Crippen LogP contribution in [0.4, 0.5) is 5.69 Å². The van der Waals surface area contributed by atoms with Crippen LogP contribution in [0.25, 0.3) is 0 Å². The molecule has 1 fully saturated rings. The number of benzene rings is 2. The van der Waals surface area contributed by atoms with Gasteiger partial charge in [0, 0.05) is 11.6 Å². The third kappa shape index (κ3) is 2.09. The standard InChI is InChI=1S/C15H15ClN2/c16-14-9-5-4-8-13(14)15-10-11-17-18(15)12-6-2-1-3-7-12/h1-9,15,17H,10-11H2. The van der Waals surface area contributed by atoms with Crippen molar-refractivity contribution in [2.75, 3.05) is 11.6 Å². The average Bonchev–Trinajstić information content (AvgIpc) is 2.89. The van der Waals surface area contributed by atoms with Gasteiger partial charge in [-0.1, -0.05) is 48.0 Å². The molecule has 92 valence electrons. The van der Waals surface area contributed by atoms with Gasteiger partial charge in [-0.2, -0.15) is 0 Å². The quantitative estimate of drug-likeness (QED) is 0.882. The molecular formula is C15H15ClN2. The largest absolute Gasteiger partial charge is 0.301 e. The first-order chi connectivity index (χ1) is 8.86. The first-order valence-corrected chi connectivity index (χ1v) is 6.56. The van der Waals surface area contributed by atoms with Crippen LogP contribution in [0.1, 0.15) is 18.0 Å². The van der Waals surface area contributed by atoms with Crippen LogP contribution < -0.4 is 10.4 Å². The molecule has 2 nitrogen and oxygen atoms in total. The van der Waals surface area contributed by atoms with Crippen LogP contribution in [0.3, 0.4) is 0 Å². The van der Waals surface area contributed by atoms with Crippen LogP contribution in [-0.2, 0) is 0 Å². The van der Waals surface area contributed by atoms with Crippen molar-refractivity contribution in [3.05, 3.63) is 65.2 Å². The van der Waals surface area contributed by atoms with Gasteiger partial charge in [-0.15, -0.1) is 0 Å². The van der Waals surface area contributed by atoms with Crippen molar-refractivity contribution in [1.29, 1.82) is 0 Å². The zero-order valence-corrected chi connectivity index (χ0v) is 10.8. The Morgan fingerprint density at radius 1 is 1.00 bits per heavy atom. The van der Waals surface area contributed by atoms with Gasteiger partial charge in [0.1, 0.15) is 0 Å². The molecule has 1 saturated heterocycles. The van der Waals surface area contributed by atoms with Crippen LogP contribution in [0.5, 0.6) is 0 Å². The smallest absolute Gasteiger partial charge is 0.0731 e. The van der Waals surface area contributed by atoms with Gasteiger partial charge in [-0.25, -0.2) is 5.43 Å². The molecule has 1 N–H and O–H groups in total. The zero-order chi connectivity index (χ0) is 12.4. The van der Waals surface area contributed by atoms with Crippen molar-refractivity contribution in [3.8, 4) is 0 Å². The molecule has 0 aromatic heterocycles. The predicted octanol–water partition coefficient (Wildman–Crippen LogP) is 3.80. The van der Waals surface area contributed by atoms with Crippen LogP contribution in [0.2, 0.25) is 5.02 Å². The number of nitrogens with zero attached hydrogens (tertiary/aromatic N) is 1. The maximum absolute atomic E-state index is 6.30. The molecule has 0 spiro atoms. The number of nitrogens with one attached hydrogen (secondary N) is 1. The predicted molar refractivity (Wildman–Crippen MR) is 75.7 cm³/mol. The van der Waals surface area contributed by atoms with E-state index >= 15 is 0 Å². The molecule has 3 heteroatoms. The minimum Gasteiger partial charge on any atom is -0.301 e. The van der Waals surface area contributed by atoms with Crippen molar-refractivity contribution < 1.29 is 0 Å². The van der Waals surface area contributed by atoms with Gasteiger partial charge in [0.2, 0.25) is 0 Å². The van der Waals surface area contributed by atoms with Gasteiger partial charge in [0.05, 0.1) is 11.7 Å². The Labute approximate surface area is 112 Å². The SMILES string of the molecule is Clc1ccccc1C1CCNN1c1ccccc1. The highest BCUT2D eigenvalue weighted by atomic mass is 35.5. The van der Waals surface area contributed by atoms with Crippen molar-refractivity contribution in [2.45, 2.75) is 12.5 Å². The number of para-hydroxylation sites is 1. The molecule has 1 aliphatic heterocycles. The van der Waals surface area contributed by atoms with Crippen LogP contribution in [0.15, 0.2) is 54.6 Å². The number of rotatable bonds is 2. The van der Waals surface area contributed by atoms with E-state index in [2.05, 4.69) is 40.8 Å². The van der Waals surface area contributed by atoms with Crippen LogP contribution in [0, 0.1) is 0 Å². The summed E-state index contributed by atoms with van der Waals surface area (Å²) >= 11 is 6.30. The summed E-state index contributed by atoms with van der Waals surface area (Å²) in [6.45, 7) is 0.977. The fourth-order valence-electron chi connectivity index (χ4n) is 2.46. The topological polar surface area (TPSA) is 15.3 Å². The van der Waals surface area contributed by atoms with E-state index in [9.17, 15) is 0 Å². The van der Waals surface area contributed by atoms with Crippen molar-refractivity contribution in [1.82, 2.24) is 5.43 Å². The Balaban J connectivity index is 1.95. The summed E-state index contributed by atoms with van der Waals surface area (Å²) in [4.78, 5) is 0. The van der Waals surface area contributed by atoms with Gasteiger partial charge in [-0.3, -0.25) is 0 Å². The van der Waals surface area contributed by atoms with E-state index in [0.717, 1.165) is 18.0 Å². The molecule has 2 aromatic carbocycles. The summed E-state index contributed by atoms with van der Waals surface area (Å²) in [5, 5.41) is 3.05. The van der Waals surface area contributed by atoms with E-state index in [1.165, 1.54) is 11.3 Å². The van der Waals surface area contributed by atoms with Gasteiger partial charge in [0.15, 0.2) is 0 Å². The third-order valence-electron chi connectivity index (χ3n) is 3.31. The Morgan fingerprint density at radius 2 is 1.72 bits per heavy atom. The molecule has 1 heterocycles. The van der Waals surface area contributed by atoms with Crippen LogP contribution in [-0.4, -0.2) is 6.54 Å². The number of hydrogen-bond donors (Lipinski definition) is 1. The highest BCUT2D eigenvalue weighted by Gasteiger charge is 2.27. The molecule has 1 aliphatic rings. The van der Waals surface area contributed by atoms with Gasteiger partial charge < -0.3 is 5.01 Å². The maximum atomic E-state index is 6.30. The van der Waals surface area contributed by atoms with Crippen molar-refractivity contribution in [3.63, 3.8) is 0 Å². The average molecular weight is 259 g/mol. The van der Waals surface area contributed by atoms with Gasteiger partial charge in [0.25, 0.3) is 0 Å². The summed E-state index contributed by atoms with van der Waals surface area (Å²) in [6, 6.07) is 18.8. The molecular weight excluding hydrogens is 244 g/mol. The molecule has 0 aliphatic carbocycles. The summed E-state index contributed by atoms with van der Waals surface area (Å²) in [6.07, 6.45) is 1.07. The van der Waals surface area contributed by atoms with Crippen molar-refractivity contribution >= 4 is 17.3 Å². The molecule has 18 heavy (non-hydrogen) atoms. The third-order valence-corrected chi connectivity index (χ3v) is 3.65. The van der Waals surface area contributed by atoms with E-state index < -0.39 is 0 Å². The molecule has 0 saturated carbocycles. The van der Waals surface area contributed by atoms with E-state index in [1.807, 2.05) is 24.3 Å². The second-order valence-corrected chi connectivity index (χ2v) is 4.85. The molecule has 0 radical (unpaired) electrons. The lowest BCUT2D eigenvalue weighted by atomic mass is 10.0. The van der Waals surface area contributed by atoms with Crippen molar-refractivity contribution in [2.24, 2.45) is 0 Å². The summed E-state index contributed by atoms with van der Waals surface area (Å²) in [5.74, 6) is 0. The minimum absolute atomic E-state index is 0.307. The van der Waals surface area contributed by atoms with E-state index in [4.69, 9.17) is 11.6 Å². The highest BCUT2D eigenvalue weighted by molar-refractivity contribution is 6.31. The Bertz CT molecular complexity index is 527. The second-order valence-electron chi connectivity index (χ2n) is 4.44. The normalized spacial score (nSPS) is 19.2. The molecule has 1 atom stereocenters. The van der Waals surface area contributed by atoms with Crippen LogP contribution >= 0.6 is 11.6 Å². The fourth-order valence-corrected chi connectivity index (χ4v) is 2.72. The lowest BCUT2D eigenvalue weighted by molar-refractivity contribution is 0.684. The zero-order valence-electron chi connectivity index (χ0n) is 10.0. The molecule has 1 unspecified atom stereocenters. The highest BCUT2D eigenvalue weighted by Crippen LogP contribution is 2.34. The minimum atomic E-state index is 0.307. The van der Waals surface area contributed by atoms with E-state index in [-0.39, 0.29) is 0 Å². The molecule has 0 bridgehead atoms. The maximum Gasteiger partial charge on any atom is 0.0731 e. The van der Waals surface area contributed by atoms with Gasteiger partial charge >= 0.3 is 0 Å². The summed E-state index contributed by atoms with van der Waals surface area (Å²) in [7, 11) is 0. The number of anilines is 1. The summed E-state index contributed by atoms with van der Waals surface area (Å²) < 4.78 is 0. The molecule has 2 aromatic rings. The number of halogens is 1. The number of hydrogen-bond acceptors (Lipinski definition) is 2. The molecule has 3 rings (SSSR count). The number of hydrazine groups is 1. The second kappa shape index (κ2) is 5.01. The summed E-state index contributed by atoms with van der Waals surface area (Å²) in [5.41, 5.74) is 5.79.